The summed E-state index contributed by atoms with van der Waals surface area (Å²) in [6.45, 7) is 1.90. The molecule has 3 N–H and O–H groups in total. The topological polar surface area (TPSA) is 75.4 Å². The third kappa shape index (κ3) is 3.19. The van der Waals surface area contributed by atoms with Crippen LogP contribution in [0.1, 0.15) is 38.5 Å². The zero-order valence-corrected chi connectivity index (χ0v) is 11.1. The van der Waals surface area contributed by atoms with Crippen LogP contribution in [0.25, 0.3) is 0 Å². The van der Waals surface area contributed by atoms with Crippen molar-refractivity contribution in [3.63, 3.8) is 0 Å². The Morgan fingerprint density at radius 2 is 1.76 bits per heavy atom. The quantitative estimate of drug-likeness (QED) is 0.771. The van der Waals surface area contributed by atoms with Crippen molar-refractivity contribution in [3.8, 4) is 0 Å². The van der Waals surface area contributed by atoms with E-state index in [4.69, 9.17) is 5.73 Å². The first kappa shape index (κ1) is 13.3. The molecule has 0 radical (unpaired) electrons. The summed E-state index contributed by atoms with van der Waals surface area (Å²) in [4.78, 5) is 0. The second kappa shape index (κ2) is 5.65. The first-order chi connectivity index (χ1) is 8.13. The van der Waals surface area contributed by atoms with Gasteiger partial charge in [-0.1, -0.05) is 12.8 Å². The highest BCUT2D eigenvalue weighted by atomic mass is 32.2. The lowest BCUT2D eigenvalue weighted by Crippen LogP contribution is -2.49. The van der Waals surface area contributed by atoms with Crippen molar-refractivity contribution in [3.05, 3.63) is 0 Å². The molecule has 1 saturated heterocycles. The monoisotopic (exact) mass is 261 g/mol. The molecule has 0 spiro atoms. The molecule has 2 fully saturated rings. The molecule has 2 aliphatic rings. The van der Waals surface area contributed by atoms with Crippen molar-refractivity contribution in [1.29, 1.82) is 0 Å². The third-order valence-electron chi connectivity index (χ3n) is 3.92. The summed E-state index contributed by atoms with van der Waals surface area (Å²) in [6, 6.07) is 0.0411. The van der Waals surface area contributed by atoms with Crippen molar-refractivity contribution in [1.82, 2.24) is 9.03 Å². The van der Waals surface area contributed by atoms with Crippen LogP contribution in [0.3, 0.4) is 0 Å². The van der Waals surface area contributed by atoms with Gasteiger partial charge in [0, 0.05) is 19.1 Å². The standard InChI is InChI=1S/C11H23N3O2S/c12-9-10-5-1-2-6-11(10)13-17(15,16)14-7-3-4-8-14/h10-11,13H,1-9,12H2. The Balaban J connectivity index is 1.98. The van der Waals surface area contributed by atoms with Crippen LogP contribution in [0.2, 0.25) is 0 Å². The molecule has 100 valence electrons. The van der Waals surface area contributed by atoms with E-state index in [1.165, 1.54) is 6.42 Å². The largest absolute Gasteiger partial charge is 0.330 e. The summed E-state index contributed by atoms with van der Waals surface area (Å²) >= 11 is 0. The first-order valence-corrected chi connectivity index (χ1v) is 8.05. The number of nitrogens with zero attached hydrogens (tertiary/aromatic N) is 1. The van der Waals surface area contributed by atoms with E-state index in [0.717, 1.165) is 32.1 Å². The number of hydrogen-bond donors (Lipinski definition) is 2. The van der Waals surface area contributed by atoms with Gasteiger partial charge in [0.15, 0.2) is 0 Å². The molecule has 2 unspecified atom stereocenters. The first-order valence-electron chi connectivity index (χ1n) is 6.61. The Kier molecular flexibility index (Phi) is 4.41. The fraction of sp³-hybridized carbons (Fsp3) is 1.00. The van der Waals surface area contributed by atoms with Crippen molar-refractivity contribution in [2.24, 2.45) is 11.7 Å². The summed E-state index contributed by atoms with van der Waals surface area (Å²) in [5.41, 5.74) is 5.72. The average Bonchev–Trinajstić information content (AvgIpc) is 2.83. The molecule has 0 aromatic rings. The van der Waals surface area contributed by atoms with Gasteiger partial charge in [-0.25, -0.2) is 0 Å². The molecule has 1 aliphatic carbocycles. The van der Waals surface area contributed by atoms with Crippen LogP contribution in [0.15, 0.2) is 0 Å². The van der Waals surface area contributed by atoms with Gasteiger partial charge in [-0.3, -0.25) is 0 Å². The minimum absolute atomic E-state index is 0.0411. The second-order valence-electron chi connectivity index (χ2n) is 5.12. The molecule has 17 heavy (non-hydrogen) atoms. The number of hydrogen-bond acceptors (Lipinski definition) is 3. The van der Waals surface area contributed by atoms with Crippen molar-refractivity contribution in [2.45, 2.75) is 44.6 Å². The number of nitrogens with two attached hydrogens (primary N) is 1. The molecule has 1 heterocycles. The third-order valence-corrected chi connectivity index (χ3v) is 5.56. The smallest absolute Gasteiger partial charge is 0.279 e. The van der Waals surface area contributed by atoms with Gasteiger partial charge < -0.3 is 5.73 Å². The van der Waals surface area contributed by atoms with E-state index in [9.17, 15) is 8.42 Å². The van der Waals surface area contributed by atoms with Crippen LogP contribution >= 0.6 is 0 Å². The molecule has 0 amide bonds. The Bertz CT molecular complexity index is 339. The number of rotatable bonds is 4. The molecule has 0 bridgehead atoms. The highest BCUT2D eigenvalue weighted by Crippen LogP contribution is 2.25. The second-order valence-corrected chi connectivity index (χ2v) is 6.82. The Hall–Kier alpha value is -0.170. The molecule has 0 aromatic carbocycles. The summed E-state index contributed by atoms with van der Waals surface area (Å²) in [5, 5.41) is 0. The highest BCUT2D eigenvalue weighted by Gasteiger charge is 2.32. The maximum atomic E-state index is 12.1. The lowest BCUT2D eigenvalue weighted by molar-refractivity contribution is 0.291. The van der Waals surface area contributed by atoms with Crippen LogP contribution in [0, 0.1) is 5.92 Å². The summed E-state index contributed by atoms with van der Waals surface area (Å²) in [5.74, 6) is 0.307. The van der Waals surface area contributed by atoms with Gasteiger partial charge in [-0.2, -0.15) is 17.4 Å². The van der Waals surface area contributed by atoms with Crippen LogP contribution in [0.4, 0.5) is 0 Å². The van der Waals surface area contributed by atoms with E-state index in [0.29, 0.717) is 25.6 Å². The Labute approximate surface area is 104 Å². The van der Waals surface area contributed by atoms with Crippen LogP contribution < -0.4 is 10.5 Å². The lowest BCUT2D eigenvalue weighted by Gasteiger charge is -2.32. The van der Waals surface area contributed by atoms with Crippen LogP contribution in [0.5, 0.6) is 0 Å². The number of nitrogens with one attached hydrogen (secondary N) is 1. The van der Waals surface area contributed by atoms with Gasteiger partial charge >= 0.3 is 0 Å². The lowest BCUT2D eigenvalue weighted by atomic mass is 9.85. The van der Waals surface area contributed by atoms with Gasteiger partial charge in [0.2, 0.25) is 0 Å². The maximum Gasteiger partial charge on any atom is 0.279 e. The molecular weight excluding hydrogens is 238 g/mol. The molecule has 5 nitrogen and oxygen atoms in total. The molecule has 1 aliphatic heterocycles. The van der Waals surface area contributed by atoms with Gasteiger partial charge in [-0.05, 0) is 38.1 Å². The van der Waals surface area contributed by atoms with Crippen molar-refractivity contribution < 1.29 is 8.42 Å². The van der Waals surface area contributed by atoms with Gasteiger partial charge in [0.1, 0.15) is 0 Å². The van der Waals surface area contributed by atoms with Gasteiger partial charge in [0.05, 0.1) is 0 Å². The van der Waals surface area contributed by atoms with Crippen LogP contribution in [-0.2, 0) is 10.2 Å². The zero-order valence-electron chi connectivity index (χ0n) is 10.3. The normalized spacial score (nSPS) is 31.8. The van der Waals surface area contributed by atoms with E-state index >= 15 is 0 Å². The maximum absolute atomic E-state index is 12.1. The molecule has 0 aromatic heterocycles. The summed E-state index contributed by atoms with van der Waals surface area (Å²) in [7, 11) is -3.27. The van der Waals surface area contributed by atoms with Gasteiger partial charge in [0.25, 0.3) is 10.2 Å². The molecule has 1 saturated carbocycles. The zero-order chi connectivity index (χ0) is 12.3. The van der Waals surface area contributed by atoms with Gasteiger partial charge in [-0.15, -0.1) is 0 Å². The summed E-state index contributed by atoms with van der Waals surface area (Å²) < 4.78 is 28.7. The SMILES string of the molecule is NCC1CCCCC1NS(=O)(=O)N1CCCC1. The Morgan fingerprint density at radius 1 is 1.12 bits per heavy atom. The predicted octanol–water partition coefficient (Wildman–Crippen LogP) is 0.434. The molecule has 2 atom stereocenters. The van der Waals surface area contributed by atoms with E-state index < -0.39 is 10.2 Å². The van der Waals surface area contributed by atoms with E-state index in [1.807, 2.05) is 0 Å². The average molecular weight is 261 g/mol. The Morgan fingerprint density at radius 3 is 2.41 bits per heavy atom. The minimum atomic E-state index is -3.27. The predicted molar refractivity (Wildman–Crippen MR) is 67.7 cm³/mol. The molecule has 2 rings (SSSR count). The minimum Gasteiger partial charge on any atom is -0.330 e. The summed E-state index contributed by atoms with van der Waals surface area (Å²) in [6.07, 6.45) is 6.20. The van der Waals surface area contributed by atoms with Crippen LogP contribution in [-0.4, -0.2) is 38.4 Å². The molecule has 6 heteroatoms. The fourth-order valence-corrected chi connectivity index (χ4v) is 4.42. The van der Waals surface area contributed by atoms with E-state index in [2.05, 4.69) is 4.72 Å². The van der Waals surface area contributed by atoms with Crippen molar-refractivity contribution in [2.75, 3.05) is 19.6 Å². The fourth-order valence-electron chi connectivity index (χ4n) is 2.84. The van der Waals surface area contributed by atoms with E-state index in [1.54, 1.807) is 4.31 Å². The van der Waals surface area contributed by atoms with Crippen molar-refractivity contribution >= 4 is 10.2 Å². The highest BCUT2D eigenvalue weighted by molar-refractivity contribution is 7.87. The van der Waals surface area contributed by atoms with E-state index in [-0.39, 0.29) is 6.04 Å². The molecular formula is C11H23N3O2S.